The van der Waals surface area contributed by atoms with E-state index in [1.54, 1.807) is 35.3 Å². The van der Waals surface area contributed by atoms with E-state index in [-0.39, 0.29) is 5.91 Å². The fourth-order valence-corrected chi connectivity index (χ4v) is 2.02. The third kappa shape index (κ3) is 3.14. The van der Waals surface area contributed by atoms with Crippen molar-refractivity contribution in [2.75, 3.05) is 5.32 Å². The second-order valence-electron chi connectivity index (χ2n) is 4.53. The first-order chi connectivity index (χ1) is 10.3. The maximum absolute atomic E-state index is 12.3. The number of aromatic nitrogens is 3. The average Bonchev–Trinajstić information content (AvgIpc) is 2.97. The van der Waals surface area contributed by atoms with Crippen molar-refractivity contribution in [2.45, 2.75) is 6.54 Å². The van der Waals surface area contributed by atoms with Crippen LogP contribution in [0.25, 0.3) is 0 Å². The van der Waals surface area contributed by atoms with Gasteiger partial charge in [0, 0.05) is 12.4 Å². The zero-order valence-electron chi connectivity index (χ0n) is 11.3. The van der Waals surface area contributed by atoms with Gasteiger partial charge in [-0.3, -0.25) is 9.48 Å². The molecule has 0 radical (unpaired) electrons. The standard InChI is InChI=1S/C16H14N4O/c21-16(19-15-8-4-5-10-17-15)14-9-11-18-20(14)12-13-6-2-1-3-7-13/h1-11H,12H2,(H,17,19,21). The first-order valence-corrected chi connectivity index (χ1v) is 6.61. The Labute approximate surface area is 122 Å². The second-order valence-corrected chi connectivity index (χ2v) is 4.53. The van der Waals surface area contributed by atoms with Gasteiger partial charge in [-0.15, -0.1) is 0 Å². The van der Waals surface area contributed by atoms with Crippen molar-refractivity contribution >= 4 is 11.7 Å². The Morgan fingerprint density at radius 1 is 1.00 bits per heavy atom. The predicted octanol–water partition coefficient (Wildman–Crippen LogP) is 2.58. The van der Waals surface area contributed by atoms with Crippen molar-refractivity contribution in [2.24, 2.45) is 0 Å². The summed E-state index contributed by atoms with van der Waals surface area (Å²) < 4.78 is 1.67. The number of carbonyl (C=O) groups excluding carboxylic acids is 1. The topological polar surface area (TPSA) is 59.8 Å². The van der Waals surface area contributed by atoms with Crippen molar-refractivity contribution in [3.05, 3.63) is 78.2 Å². The summed E-state index contributed by atoms with van der Waals surface area (Å²) in [5.74, 6) is 0.303. The number of pyridine rings is 1. The first kappa shape index (κ1) is 13.1. The zero-order valence-corrected chi connectivity index (χ0v) is 11.3. The highest BCUT2D eigenvalue weighted by Gasteiger charge is 2.12. The minimum absolute atomic E-state index is 0.220. The van der Waals surface area contributed by atoms with E-state index in [2.05, 4.69) is 15.4 Å². The van der Waals surface area contributed by atoms with Crippen molar-refractivity contribution in [3.63, 3.8) is 0 Å². The monoisotopic (exact) mass is 278 g/mol. The van der Waals surface area contributed by atoms with E-state index in [0.717, 1.165) is 5.56 Å². The van der Waals surface area contributed by atoms with Gasteiger partial charge in [0.1, 0.15) is 11.5 Å². The van der Waals surface area contributed by atoms with Gasteiger partial charge in [-0.25, -0.2) is 4.98 Å². The Kier molecular flexibility index (Phi) is 3.73. The van der Waals surface area contributed by atoms with Gasteiger partial charge in [0.15, 0.2) is 0 Å². The number of benzene rings is 1. The van der Waals surface area contributed by atoms with Gasteiger partial charge in [-0.05, 0) is 23.8 Å². The number of rotatable bonds is 4. The highest BCUT2D eigenvalue weighted by Crippen LogP contribution is 2.08. The van der Waals surface area contributed by atoms with Gasteiger partial charge in [0.2, 0.25) is 0 Å². The molecular formula is C16H14N4O. The van der Waals surface area contributed by atoms with Crippen LogP contribution in [0.1, 0.15) is 16.1 Å². The average molecular weight is 278 g/mol. The third-order valence-electron chi connectivity index (χ3n) is 3.03. The highest BCUT2D eigenvalue weighted by atomic mass is 16.2. The molecule has 3 aromatic rings. The van der Waals surface area contributed by atoms with E-state index in [1.165, 1.54) is 0 Å². The van der Waals surface area contributed by atoms with Crippen molar-refractivity contribution < 1.29 is 4.79 Å². The molecule has 0 saturated carbocycles. The van der Waals surface area contributed by atoms with Gasteiger partial charge in [-0.2, -0.15) is 5.10 Å². The molecule has 0 unspecified atom stereocenters. The van der Waals surface area contributed by atoms with Crippen LogP contribution in [0.5, 0.6) is 0 Å². The molecule has 1 N–H and O–H groups in total. The largest absolute Gasteiger partial charge is 0.305 e. The minimum Gasteiger partial charge on any atom is -0.305 e. The molecule has 3 rings (SSSR count). The Bertz CT molecular complexity index is 722. The molecule has 0 atom stereocenters. The molecule has 5 heteroatoms. The summed E-state index contributed by atoms with van der Waals surface area (Å²) in [6.07, 6.45) is 3.26. The van der Waals surface area contributed by atoms with Crippen LogP contribution in [0.15, 0.2) is 67.0 Å². The van der Waals surface area contributed by atoms with E-state index >= 15 is 0 Å². The van der Waals surface area contributed by atoms with Gasteiger partial charge >= 0.3 is 0 Å². The molecule has 0 aliphatic heterocycles. The van der Waals surface area contributed by atoms with Crippen molar-refractivity contribution in [1.82, 2.24) is 14.8 Å². The number of amides is 1. The fourth-order valence-electron chi connectivity index (χ4n) is 2.02. The van der Waals surface area contributed by atoms with Gasteiger partial charge in [0.25, 0.3) is 5.91 Å². The molecule has 1 amide bonds. The summed E-state index contributed by atoms with van der Waals surface area (Å²) in [5, 5.41) is 6.97. The summed E-state index contributed by atoms with van der Waals surface area (Å²) >= 11 is 0. The smallest absolute Gasteiger partial charge is 0.275 e. The van der Waals surface area contributed by atoms with E-state index < -0.39 is 0 Å². The third-order valence-corrected chi connectivity index (χ3v) is 3.03. The van der Waals surface area contributed by atoms with Crippen LogP contribution >= 0.6 is 0 Å². The summed E-state index contributed by atoms with van der Waals surface area (Å²) in [6.45, 7) is 0.554. The van der Waals surface area contributed by atoms with Gasteiger partial charge < -0.3 is 5.32 Å². The lowest BCUT2D eigenvalue weighted by molar-refractivity contribution is 0.101. The number of anilines is 1. The lowest BCUT2D eigenvalue weighted by atomic mass is 10.2. The van der Waals surface area contributed by atoms with E-state index in [4.69, 9.17) is 0 Å². The lowest BCUT2D eigenvalue weighted by Crippen LogP contribution is -2.18. The van der Waals surface area contributed by atoms with Gasteiger partial charge in [-0.1, -0.05) is 36.4 Å². The number of hydrogen-bond donors (Lipinski definition) is 1. The van der Waals surface area contributed by atoms with Crippen molar-refractivity contribution in [1.29, 1.82) is 0 Å². The van der Waals surface area contributed by atoms with Crippen LogP contribution < -0.4 is 5.32 Å². The van der Waals surface area contributed by atoms with Crippen LogP contribution in [0.3, 0.4) is 0 Å². The fraction of sp³-hybridized carbons (Fsp3) is 0.0625. The van der Waals surface area contributed by atoms with Crippen LogP contribution in [0.2, 0.25) is 0 Å². The Hall–Kier alpha value is -2.95. The van der Waals surface area contributed by atoms with Crippen LogP contribution in [0.4, 0.5) is 5.82 Å². The summed E-state index contributed by atoms with van der Waals surface area (Å²) in [4.78, 5) is 16.4. The number of hydrogen-bond acceptors (Lipinski definition) is 3. The molecule has 0 saturated heterocycles. The molecule has 104 valence electrons. The highest BCUT2D eigenvalue weighted by molar-refractivity contribution is 6.02. The maximum Gasteiger partial charge on any atom is 0.275 e. The molecule has 21 heavy (non-hydrogen) atoms. The molecular weight excluding hydrogens is 264 g/mol. The summed E-state index contributed by atoms with van der Waals surface area (Å²) in [5.41, 5.74) is 1.59. The van der Waals surface area contributed by atoms with Gasteiger partial charge in [0.05, 0.1) is 6.54 Å². The quantitative estimate of drug-likeness (QED) is 0.798. The number of nitrogens with zero attached hydrogens (tertiary/aromatic N) is 3. The van der Waals surface area contributed by atoms with E-state index in [0.29, 0.717) is 18.1 Å². The normalized spacial score (nSPS) is 10.3. The van der Waals surface area contributed by atoms with Crippen molar-refractivity contribution in [3.8, 4) is 0 Å². The Morgan fingerprint density at radius 3 is 2.57 bits per heavy atom. The minimum atomic E-state index is -0.220. The molecule has 5 nitrogen and oxygen atoms in total. The number of nitrogens with one attached hydrogen (secondary N) is 1. The zero-order chi connectivity index (χ0) is 14.5. The SMILES string of the molecule is O=C(Nc1ccccn1)c1ccnn1Cc1ccccc1. The molecule has 0 aliphatic carbocycles. The summed E-state index contributed by atoms with van der Waals surface area (Å²) in [7, 11) is 0. The van der Waals surface area contributed by atoms with Crippen LogP contribution in [0, 0.1) is 0 Å². The Morgan fingerprint density at radius 2 is 1.81 bits per heavy atom. The number of carbonyl (C=O) groups is 1. The molecule has 0 aliphatic rings. The molecule has 2 heterocycles. The van der Waals surface area contributed by atoms with E-state index in [9.17, 15) is 4.79 Å². The van der Waals surface area contributed by atoms with E-state index in [1.807, 2.05) is 36.4 Å². The summed E-state index contributed by atoms with van der Waals surface area (Å²) in [6, 6.07) is 17.0. The van der Waals surface area contributed by atoms with Crippen LogP contribution in [-0.2, 0) is 6.54 Å². The first-order valence-electron chi connectivity index (χ1n) is 6.61. The molecule has 0 fully saturated rings. The molecule has 0 bridgehead atoms. The molecule has 2 aromatic heterocycles. The molecule has 1 aromatic carbocycles. The maximum atomic E-state index is 12.3. The second kappa shape index (κ2) is 6.00. The Balaban J connectivity index is 1.77. The van der Waals surface area contributed by atoms with Crippen LogP contribution in [-0.4, -0.2) is 20.7 Å². The molecule has 0 spiro atoms. The lowest BCUT2D eigenvalue weighted by Gasteiger charge is -2.08. The predicted molar refractivity (Wildman–Crippen MR) is 80.0 cm³/mol.